The van der Waals surface area contributed by atoms with Gasteiger partial charge in [-0.05, 0) is 38.5 Å². The normalized spacial score (nSPS) is 13.9. The topological polar surface area (TPSA) is 102 Å². The molecule has 8 heteroatoms. The molecule has 150 valence electrons. The number of quaternary nitrogens is 1. The summed E-state index contributed by atoms with van der Waals surface area (Å²) in [6.07, 6.45) is 4.06. The Morgan fingerprint density at radius 2 is 2.00 bits per heavy atom. The summed E-state index contributed by atoms with van der Waals surface area (Å²) < 4.78 is 0. The quantitative estimate of drug-likeness (QED) is 0.610. The Kier molecular flexibility index (Phi) is 5.12. The maximum absolute atomic E-state index is 10.1. The molecule has 0 saturated carbocycles. The number of benzene rings is 1. The van der Waals surface area contributed by atoms with Crippen LogP contribution < -0.4 is 16.0 Å². The van der Waals surface area contributed by atoms with E-state index in [9.17, 15) is 5.11 Å². The first-order valence-electron chi connectivity index (χ1n) is 9.46. The Balaban J connectivity index is 1.54. The molecule has 0 atom stereocenters. The summed E-state index contributed by atoms with van der Waals surface area (Å²) in [6.45, 7) is 5.00. The first-order valence-corrected chi connectivity index (χ1v) is 9.84. The van der Waals surface area contributed by atoms with Crippen molar-refractivity contribution in [3.05, 3.63) is 64.7 Å². The van der Waals surface area contributed by atoms with Crippen LogP contribution in [0.5, 0.6) is 0 Å². The van der Waals surface area contributed by atoms with E-state index < -0.39 is 5.60 Å². The fraction of sp³-hybridized carbons (Fsp3) is 0.286. The van der Waals surface area contributed by atoms with E-state index in [1.54, 1.807) is 26.4 Å². The number of hydrogen-bond acceptors (Lipinski definition) is 6. The van der Waals surface area contributed by atoms with Gasteiger partial charge in [0, 0.05) is 35.6 Å². The molecule has 2 aromatic heterocycles. The molecule has 4 rings (SSSR count). The van der Waals surface area contributed by atoms with Crippen molar-refractivity contribution in [1.29, 1.82) is 0 Å². The van der Waals surface area contributed by atoms with Gasteiger partial charge in [-0.15, -0.1) is 0 Å². The highest BCUT2D eigenvalue weighted by Gasteiger charge is 2.22. The molecule has 1 aromatic carbocycles. The number of aromatic nitrogens is 3. The molecular formula is C21H24ClN6O+. The lowest BCUT2D eigenvalue weighted by atomic mass is 10.0. The Morgan fingerprint density at radius 1 is 1.17 bits per heavy atom. The lowest BCUT2D eigenvalue weighted by Crippen LogP contribution is -2.40. The summed E-state index contributed by atoms with van der Waals surface area (Å²) in [4.78, 5) is 15.6. The second kappa shape index (κ2) is 7.59. The molecule has 1 aliphatic heterocycles. The zero-order chi connectivity index (χ0) is 20.6. The zero-order valence-corrected chi connectivity index (χ0v) is 17.2. The van der Waals surface area contributed by atoms with Crippen molar-refractivity contribution in [2.45, 2.75) is 32.4 Å². The largest absolute Gasteiger partial charge is 0.386 e. The smallest absolute Gasteiger partial charge is 0.146 e. The van der Waals surface area contributed by atoms with Gasteiger partial charge in [0.1, 0.15) is 28.7 Å². The third-order valence-electron chi connectivity index (χ3n) is 5.13. The van der Waals surface area contributed by atoms with Gasteiger partial charge in [0.25, 0.3) is 0 Å². The summed E-state index contributed by atoms with van der Waals surface area (Å²) in [6, 6.07) is 9.63. The molecule has 3 heterocycles. The highest BCUT2D eigenvalue weighted by molar-refractivity contribution is 6.32. The molecule has 0 unspecified atom stereocenters. The maximum Gasteiger partial charge on any atom is 0.146 e. The number of anilines is 3. The molecule has 0 spiro atoms. The molecule has 29 heavy (non-hydrogen) atoms. The second-order valence-corrected chi connectivity index (χ2v) is 8.12. The van der Waals surface area contributed by atoms with Crippen LogP contribution in [0.4, 0.5) is 23.0 Å². The van der Waals surface area contributed by atoms with Gasteiger partial charge < -0.3 is 21.1 Å². The third kappa shape index (κ3) is 4.17. The van der Waals surface area contributed by atoms with Crippen molar-refractivity contribution < 1.29 is 10.8 Å². The first-order chi connectivity index (χ1) is 13.8. The monoisotopic (exact) mass is 411 g/mol. The van der Waals surface area contributed by atoms with Crippen LogP contribution in [0.25, 0.3) is 0 Å². The van der Waals surface area contributed by atoms with Gasteiger partial charge in [-0.3, -0.25) is 0 Å². The van der Waals surface area contributed by atoms with Crippen LogP contribution in [0.1, 0.15) is 30.7 Å². The lowest BCUT2D eigenvalue weighted by molar-refractivity contribution is -0.254. The molecule has 0 fully saturated rings. The fourth-order valence-corrected chi connectivity index (χ4v) is 3.54. The van der Waals surface area contributed by atoms with Gasteiger partial charge in [-0.25, -0.2) is 15.0 Å². The molecule has 0 aliphatic carbocycles. The van der Waals surface area contributed by atoms with Gasteiger partial charge in [0.05, 0.1) is 17.8 Å². The number of rotatable bonds is 4. The fourth-order valence-electron chi connectivity index (χ4n) is 3.37. The molecule has 1 aliphatic rings. The Hall–Kier alpha value is -2.74. The van der Waals surface area contributed by atoms with Crippen molar-refractivity contribution in [3.8, 4) is 0 Å². The highest BCUT2D eigenvalue weighted by Crippen LogP contribution is 2.30. The molecule has 0 bridgehead atoms. The molecule has 5 N–H and O–H groups in total. The molecule has 0 amide bonds. The Bertz CT molecular complexity index is 1030. The van der Waals surface area contributed by atoms with E-state index in [0.717, 1.165) is 47.0 Å². The maximum atomic E-state index is 10.1. The van der Waals surface area contributed by atoms with Crippen LogP contribution in [0.2, 0.25) is 5.02 Å². The zero-order valence-electron chi connectivity index (χ0n) is 16.5. The standard InChI is InChI=1S/C21H23ClN6O/c1-21(2,29)13-3-6-19(24-10-13)27-20-15-7-8-28(11-18(15)25-12-26-20)14-4-5-17(23)16(22)9-14/h3-6,9-10,12,29H,7-8,11,23H2,1-2H3,(H,24,25,26,27)/p+1. The molecule has 0 radical (unpaired) electrons. The van der Waals surface area contributed by atoms with Crippen molar-refractivity contribution in [2.75, 3.05) is 16.8 Å². The van der Waals surface area contributed by atoms with E-state index in [1.165, 1.54) is 0 Å². The lowest BCUT2D eigenvalue weighted by Gasteiger charge is -2.30. The van der Waals surface area contributed by atoms with E-state index in [0.29, 0.717) is 17.4 Å². The minimum absolute atomic E-state index is 0.666. The third-order valence-corrected chi connectivity index (χ3v) is 5.48. The number of nitrogens with zero attached hydrogens (tertiary/aromatic N) is 4. The van der Waals surface area contributed by atoms with Gasteiger partial charge in [-0.2, -0.15) is 0 Å². The SMILES string of the molecule is CC(C)(O)c1ccc(Nc2ncnc3c2CCN(c2ccc([NH3+])c(Cl)c2)C3)nc1. The van der Waals surface area contributed by atoms with Crippen molar-refractivity contribution in [3.63, 3.8) is 0 Å². The van der Waals surface area contributed by atoms with Crippen molar-refractivity contribution in [2.24, 2.45) is 0 Å². The summed E-state index contributed by atoms with van der Waals surface area (Å²) >= 11 is 6.24. The molecule has 7 nitrogen and oxygen atoms in total. The number of aliphatic hydroxyl groups is 1. The first kappa shape index (κ1) is 19.6. The minimum Gasteiger partial charge on any atom is -0.386 e. The average molecular weight is 412 g/mol. The van der Waals surface area contributed by atoms with Crippen molar-refractivity contribution >= 4 is 34.6 Å². The molecular weight excluding hydrogens is 388 g/mol. The molecule has 3 aromatic rings. The van der Waals surface area contributed by atoms with Gasteiger partial charge in [0.15, 0.2) is 0 Å². The number of pyridine rings is 1. The molecule has 0 saturated heterocycles. The van der Waals surface area contributed by atoms with Gasteiger partial charge in [0.2, 0.25) is 0 Å². The highest BCUT2D eigenvalue weighted by atomic mass is 35.5. The number of halogens is 1. The Labute approximate surface area is 174 Å². The van der Waals surface area contributed by atoms with Crippen LogP contribution in [0, 0.1) is 0 Å². The summed E-state index contributed by atoms with van der Waals surface area (Å²) in [5.74, 6) is 1.45. The van der Waals surface area contributed by atoms with Gasteiger partial charge in [-0.1, -0.05) is 17.7 Å². The van der Waals surface area contributed by atoms with Gasteiger partial charge >= 0.3 is 0 Å². The van der Waals surface area contributed by atoms with Crippen LogP contribution in [-0.2, 0) is 18.6 Å². The summed E-state index contributed by atoms with van der Waals surface area (Å²) in [7, 11) is 0. The van der Waals surface area contributed by atoms with Crippen molar-refractivity contribution in [1.82, 2.24) is 15.0 Å². The number of hydrogen-bond donors (Lipinski definition) is 3. The van der Waals surface area contributed by atoms with Crippen LogP contribution >= 0.6 is 11.6 Å². The Morgan fingerprint density at radius 3 is 2.69 bits per heavy atom. The van der Waals surface area contributed by atoms with Crippen LogP contribution in [0.15, 0.2) is 42.9 Å². The van der Waals surface area contributed by atoms with E-state index >= 15 is 0 Å². The second-order valence-electron chi connectivity index (χ2n) is 7.71. The number of nitrogens with one attached hydrogen (secondary N) is 1. The average Bonchev–Trinajstić information content (AvgIpc) is 2.70. The van der Waals surface area contributed by atoms with E-state index in [1.807, 2.05) is 30.3 Å². The van der Waals surface area contributed by atoms with Crippen LogP contribution in [0.3, 0.4) is 0 Å². The van der Waals surface area contributed by atoms with E-state index in [2.05, 4.69) is 30.9 Å². The predicted molar refractivity (Wildman–Crippen MR) is 114 cm³/mol. The minimum atomic E-state index is -0.919. The number of fused-ring (bicyclic) bond motifs is 1. The van der Waals surface area contributed by atoms with Crippen LogP contribution in [-0.4, -0.2) is 26.6 Å². The van der Waals surface area contributed by atoms with E-state index in [4.69, 9.17) is 11.6 Å². The van der Waals surface area contributed by atoms with E-state index in [-0.39, 0.29) is 0 Å². The summed E-state index contributed by atoms with van der Waals surface area (Å²) in [5, 5.41) is 14.0. The predicted octanol–water partition coefficient (Wildman–Crippen LogP) is 2.93. The summed E-state index contributed by atoms with van der Waals surface area (Å²) in [5.41, 5.74) is 7.72.